The Kier molecular flexibility index (Phi) is 1.68. The van der Waals surface area contributed by atoms with E-state index in [1.54, 1.807) is 0 Å². The Morgan fingerprint density at radius 1 is 1.90 bits per heavy atom. The third-order valence-corrected chi connectivity index (χ3v) is 1.34. The minimum absolute atomic E-state index is 0.247. The SMILES string of the molecule is CC1(N)N=C(Cl)C=CN1[O-]. The van der Waals surface area contributed by atoms with Crippen LogP contribution in [0.3, 0.4) is 0 Å². The third kappa shape index (κ3) is 1.29. The molecule has 5 heteroatoms. The fourth-order valence-corrected chi connectivity index (χ4v) is 0.810. The summed E-state index contributed by atoms with van der Waals surface area (Å²) in [6.07, 6.45) is 2.64. The second-order valence-electron chi connectivity index (χ2n) is 2.17. The van der Waals surface area contributed by atoms with Crippen LogP contribution < -0.4 is 5.73 Å². The van der Waals surface area contributed by atoms with Gasteiger partial charge in [-0.25, -0.2) is 4.99 Å². The molecular formula is C5H7ClN3O-. The highest BCUT2D eigenvalue weighted by molar-refractivity contribution is 6.68. The average Bonchev–Trinajstić information content (AvgIpc) is 1.78. The zero-order valence-electron chi connectivity index (χ0n) is 5.41. The van der Waals surface area contributed by atoms with Gasteiger partial charge in [0.05, 0.1) is 0 Å². The number of hydroxylamine groups is 2. The Labute approximate surface area is 63.6 Å². The molecule has 0 aromatic rings. The number of nitrogens with zero attached hydrogens (tertiary/aromatic N) is 2. The summed E-state index contributed by atoms with van der Waals surface area (Å²) in [6, 6.07) is 0. The Hall–Kier alpha value is -0.580. The highest BCUT2D eigenvalue weighted by atomic mass is 35.5. The summed E-state index contributed by atoms with van der Waals surface area (Å²) in [5.74, 6) is -1.24. The quantitative estimate of drug-likeness (QED) is 0.564. The molecular weight excluding hydrogens is 154 g/mol. The van der Waals surface area contributed by atoms with Crippen LogP contribution in [0.4, 0.5) is 0 Å². The Bertz CT molecular complexity index is 199. The lowest BCUT2D eigenvalue weighted by Gasteiger charge is -2.41. The second kappa shape index (κ2) is 2.23. The van der Waals surface area contributed by atoms with E-state index >= 15 is 0 Å². The number of hydrogen-bond donors (Lipinski definition) is 1. The zero-order chi connectivity index (χ0) is 7.78. The van der Waals surface area contributed by atoms with Gasteiger partial charge in [-0.3, -0.25) is 5.73 Å². The molecule has 1 heterocycles. The van der Waals surface area contributed by atoms with Crippen LogP contribution in [0.15, 0.2) is 17.3 Å². The van der Waals surface area contributed by atoms with E-state index in [2.05, 4.69) is 4.99 Å². The molecule has 1 atom stereocenters. The molecule has 1 aliphatic rings. The van der Waals surface area contributed by atoms with Crippen LogP contribution >= 0.6 is 11.6 Å². The van der Waals surface area contributed by atoms with Crippen molar-refractivity contribution in [1.29, 1.82) is 0 Å². The first-order valence-corrected chi connectivity index (χ1v) is 3.09. The Morgan fingerprint density at radius 2 is 2.50 bits per heavy atom. The summed E-state index contributed by atoms with van der Waals surface area (Å²) in [4.78, 5) is 3.68. The highest BCUT2D eigenvalue weighted by Gasteiger charge is 2.19. The molecule has 0 spiro atoms. The summed E-state index contributed by atoms with van der Waals surface area (Å²) in [7, 11) is 0. The van der Waals surface area contributed by atoms with Crippen LogP contribution in [0.1, 0.15) is 6.92 Å². The van der Waals surface area contributed by atoms with Crippen molar-refractivity contribution in [1.82, 2.24) is 5.06 Å². The lowest BCUT2D eigenvalue weighted by atomic mass is 10.4. The summed E-state index contributed by atoms with van der Waals surface area (Å²) in [5.41, 5.74) is 5.40. The van der Waals surface area contributed by atoms with Crippen molar-refractivity contribution >= 4 is 16.8 Å². The number of rotatable bonds is 0. The first-order valence-electron chi connectivity index (χ1n) is 2.71. The smallest absolute Gasteiger partial charge is 0.173 e. The minimum Gasteiger partial charge on any atom is -0.756 e. The maximum atomic E-state index is 10.8. The van der Waals surface area contributed by atoms with Crippen molar-refractivity contribution in [3.8, 4) is 0 Å². The highest BCUT2D eigenvalue weighted by Crippen LogP contribution is 2.14. The van der Waals surface area contributed by atoms with E-state index in [9.17, 15) is 5.21 Å². The summed E-state index contributed by atoms with van der Waals surface area (Å²) < 4.78 is 0. The van der Waals surface area contributed by atoms with E-state index in [0.29, 0.717) is 5.06 Å². The lowest BCUT2D eigenvalue weighted by molar-refractivity contribution is 0.247. The molecule has 0 saturated carbocycles. The predicted molar refractivity (Wildman–Crippen MR) is 40.2 cm³/mol. The molecule has 0 fully saturated rings. The number of aliphatic imine (C=N–C) groups is 1. The molecule has 0 amide bonds. The molecule has 0 radical (unpaired) electrons. The van der Waals surface area contributed by atoms with Gasteiger partial charge >= 0.3 is 0 Å². The van der Waals surface area contributed by atoms with Gasteiger partial charge < -0.3 is 10.3 Å². The standard InChI is InChI=1S/C5H7ClN3O/c1-5(7)8-4(6)2-3-9(5)10/h2-3H,7H2,1H3/q-1. The van der Waals surface area contributed by atoms with Crippen LogP contribution in [0.5, 0.6) is 0 Å². The Morgan fingerprint density at radius 3 is 2.90 bits per heavy atom. The van der Waals surface area contributed by atoms with Gasteiger partial charge in [0.2, 0.25) is 0 Å². The number of nitrogens with two attached hydrogens (primary N) is 1. The summed E-state index contributed by atoms with van der Waals surface area (Å²) >= 11 is 5.48. The van der Waals surface area contributed by atoms with Crippen molar-refractivity contribution in [3.63, 3.8) is 0 Å². The van der Waals surface area contributed by atoms with E-state index in [1.807, 2.05) is 0 Å². The predicted octanol–water partition coefficient (Wildman–Crippen LogP) is 0.583. The molecule has 10 heavy (non-hydrogen) atoms. The van der Waals surface area contributed by atoms with E-state index in [0.717, 1.165) is 0 Å². The number of allylic oxidation sites excluding steroid dienone is 1. The molecule has 1 rings (SSSR count). The van der Waals surface area contributed by atoms with Gasteiger partial charge in [-0.15, -0.1) is 0 Å². The van der Waals surface area contributed by atoms with Gasteiger partial charge in [0, 0.05) is 0 Å². The van der Waals surface area contributed by atoms with Crippen LogP contribution in [0, 0.1) is 5.21 Å². The fourth-order valence-electron chi connectivity index (χ4n) is 0.583. The molecule has 0 aliphatic carbocycles. The molecule has 4 nitrogen and oxygen atoms in total. The summed E-state index contributed by atoms with van der Waals surface area (Å²) in [5, 5.41) is 11.6. The van der Waals surface area contributed by atoms with Gasteiger partial charge in [0.15, 0.2) is 5.79 Å². The van der Waals surface area contributed by atoms with E-state index in [1.165, 1.54) is 19.2 Å². The molecule has 0 saturated heterocycles. The zero-order valence-corrected chi connectivity index (χ0v) is 6.17. The molecule has 1 unspecified atom stereocenters. The van der Waals surface area contributed by atoms with Gasteiger partial charge in [-0.2, -0.15) is 0 Å². The molecule has 1 aliphatic heterocycles. The van der Waals surface area contributed by atoms with E-state index < -0.39 is 5.79 Å². The largest absolute Gasteiger partial charge is 0.756 e. The van der Waals surface area contributed by atoms with E-state index in [4.69, 9.17) is 17.3 Å². The van der Waals surface area contributed by atoms with Crippen LogP contribution in [-0.2, 0) is 0 Å². The second-order valence-corrected chi connectivity index (χ2v) is 2.56. The fraction of sp³-hybridized carbons (Fsp3) is 0.400. The normalized spacial score (nSPS) is 32.4. The lowest BCUT2D eigenvalue weighted by Crippen LogP contribution is -2.48. The Balaban J connectivity index is 2.88. The summed E-state index contributed by atoms with van der Waals surface area (Å²) in [6.45, 7) is 1.48. The maximum Gasteiger partial charge on any atom is 0.173 e. The molecule has 56 valence electrons. The van der Waals surface area contributed by atoms with Crippen molar-refractivity contribution < 1.29 is 0 Å². The number of halogens is 1. The number of hydrogen-bond acceptors (Lipinski definition) is 4. The van der Waals surface area contributed by atoms with Crippen molar-refractivity contribution in [3.05, 3.63) is 17.5 Å². The molecule has 0 aromatic carbocycles. The maximum absolute atomic E-state index is 10.8. The third-order valence-electron chi connectivity index (χ3n) is 1.13. The van der Waals surface area contributed by atoms with Crippen molar-refractivity contribution in [2.24, 2.45) is 10.7 Å². The first kappa shape index (κ1) is 7.53. The van der Waals surface area contributed by atoms with Crippen molar-refractivity contribution in [2.75, 3.05) is 0 Å². The van der Waals surface area contributed by atoms with Crippen LogP contribution in [0.2, 0.25) is 0 Å². The molecule has 0 aromatic heterocycles. The van der Waals surface area contributed by atoms with Crippen LogP contribution in [0.25, 0.3) is 0 Å². The molecule has 0 bridgehead atoms. The average molecular weight is 161 g/mol. The van der Waals surface area contributed by atoms with Gasteiger partial charge in [-0.05, 0) is 19.2 Å². The first-order chi connectivity index (χ1) is 4.52. The monoisotopic (exact) mass is 160 g/mol. The van der Waals surface area contributed by atoms with Gasteiger partial charge in [-0.1, -0.05) is 11.6 Å². The van der Waals surface area contributed by atoms with Crippen LogP contribution in [-0.4, -0.2) is 16.0 Å². The van der Waals surface area contributed by atoms with Gasteiger partial charge in [0.1, 0.15) is 5.17 Å². The topological polar surface area (TPSA) is 64.7 Å². The van der Waals surface area contributed by atoms with Crippen molar-refractivity contribution in [2.45, 2.75) is 12.7 Å². The van der Waals surface area contributed by atoms with E-state index in [-0.39, 0.29) is 5.17 Å². The van der Waals surface area contributed by atoms with Gasteiger partial charge in [0.25, 0.3) is 0 Å². The molecule has 2 N–H and O–H groups in total. The minimum atomic E-state index is -1.24.